The Balaban J connectivity index is 2.84. The number of sulfonamides is 1. The van der Waals surface area contributed by atoms with Crippen molar-refractivity contribution in [2.24, 2.45) is 5.41 Å². The molecule has 2 atom stereocenters. The molecule has 1 heterocycles. The Labute approximate surface area is 125 Å². The van der Waals surface area contributed by atoms with Crippen LogP contribution in [0.2, 0.25) is 0 Å². The Morgan fingerprint density at radius 1 is 1.38 bits per heavy atom. The second kappa shape index (κ2) is 6.31. The fourth-order valence-corrected chi connectivity index (χ4v) is 3.54. The molecule has 0 aromatic rings. The number of nitrogens with zero attached hydrogens (tertiary/aromatic N) is 1. The zero-order valence-corrected chi connectivity index (χ0v) is 13.7. The number of hydrogen-bond acceptors (Lipinski definition) is 4. The summed E-state index contributed by atoms with van der Waals surface area (Å²) in [7, 11) is -3.43. The van der Waals surface area contributed by atoms with Crippen molar-refractivity contribution in [3.05, 3.63) is 0 Å². The summed E-state index contributed by atoms with van der Waals surface area (Å²) in [6, 6.07) is -1.29. The van der Waals surface area contributed by atoms with Gasteiger partial charge in [0.2, 0.25) is 15.9 Å². The summed E-state index contributed by atoms with van der Waals surface area (Å²) in [6.45, 7) is 5.84. The number of nitrogens with one attached hydrogen (secondary N) is 1. The first-order valence-electron chi connectivity index (χ1n) is 6.92. The van der Waals surface area contributed by atoms with E-state index in [2.05, 4.69) is 5.32 Å². The van der Waals surface area contributed by atoms with E-state index in [1.54, 1.807) is 0 Å². The summed E-state index contributed by atoms with van der Waals surface area (Å²) < 4.78 is 24.5. The molecule has 1 rings (SSSR count). The number of carbonyl (C=O) groups excluding carboxylic acids is 1. The van der Waals surface area contributed by atoms with E-state index in [-0.39, 0.29) is 6.42 Å². The minimum absolute atomic E-state index is 0.194. The van der Waals surface area contributed by atoms with Crippen molar-refractivity contribution >= 4 is 21.9 Å². The summed E-state index contributed by atoms with van der Waals surface area (Å²) in [6.07, 6.45) is 1.98. The summed E-state index contributed by atoms with van der Waals surface area (Å²) in [5.74, 6) is -1.42. The Kier molecular flexibility index (Phi) is 5.38. The fraction of sp³-hybridized carbons (Fsp3) is 0.846. The van der Waals surface area contributed by atoms with Crippen LogP contribution in [0.4, 0.5) is 0 Å². The van der Waals surface area contributed by atoms with Crippen LogP contribution >= 0.6 is 0 Å². The van der Waals surface area contributed by atoms with E-state index < -0.39 is 39.4 Å². The molecule has 0 radical (unpaired) electrons. The highest BCUT2D eigenvalue weighted by Crippen LogP contribution is 2.24. The summed E-state index contributed by atoms with van der Waals surface area (Å²) in [5.41, 5.74) is -0.428. The van der Waals surface area contributed by atoms with Gasteiger partial charge >= 0.3 is 5.97 Å². The van der Waals surface area contributed by atoms with Crippen molar-refractivity contribution in [1.29, 1.82) is 0 Å². The molecule has 0 aromatic heterocycles. The van der Waals surface area contributed by atoms with Gasteiger partial charge in [0.25, 0.3) is 0 Å². The molecule has 0 bridgehead atoms. The molecule has 0 spiro atoms. The van der Waals surface area contributed by atoms with Crippen LogP contribution in [-0.4, -0.2) is 54.6 Å². The van der Waals surface area contributed by atoms with Crippen LogP contribution in [-0.2, 0) is 19.6 Å². The predicted molar refractivity (Wildman–Crippen MR) is 78.2 cm³/mol. The molecular weight excluding hydrogens is 296 g/mol. The number of carboxylic acid groups (broad SMARTS) is 1. The van der Waals surface area contributed by atoms with E-state index >= 15 is 0 Å². The average molecular weight is 320 g/mol. The fourth-order valence-electron chi connectivity index (χ4n) is 2.42. The molecule has 1 amide bonds. The second-order valence-corrected chi connectivity index (χ2v) is 8.49. The Morgan fingerprint density at radius 2 is 1.95 bits per heavy atom. The van der Waals surface area contributed by atoms with Crippen molar-refractivity contribution in [2.45, 2.75) is 52.1 Å². The third-order valence-electron chi connectivity index (χ3n) is 3.67. The molecule has 0 saturated carbocycles. The third-order valence-corrected chi connectivity index (χ3v) is 4.96. The van der Waals surface area contributed by atoms with Gasteiger partial charge in [-0.05, 0) is 18.3 Å². The van der Waals surface area contributed by atoms with Crippen molar-refractivity contribution < 1.29 is 23.1 Å². The SMILES string of the molecule is CC(C)(C)C(CC(=O)O)NC(=O)C1CCCN1S(C)(=O)=O. The topological polar surface area (TPSA) is 104 Å². The van der Waals surface area contributed by atoms with Crippen LogP contribution in [0.15, 0.2) is 0 Å². The van der Waals surface area contributed by atoms with Gasteiger partial charge in [0.05, 0.1) is 12.7 Å². The molecular formula is C13H24N2O5S. The molecule has 122 valence electrons. The highest BCUT2D eigenvalue weighted by Gasteiger charge is 2.38. The Bertz CT molecular complexity index is 509. The lowest BCUT2D eigenvalue weighted by molar-refractivity contribution is -0.138. The lowest BCUT2D eigenvalue weighted by Gasteiger charge is -2.32. The number of aliphatic carboxylic acids is 1. The standard InChI is InChI=1S/C13H24N2O5S/c1-13(2,3)10(8-11(16)17)14-12(18)9-6-5-7-15(9)21(4,19)20/h9-10H,5-8H2,1-4H3,(H,14,18)(H,16,17). The molecule has 2 N–H and O–H groups in total. The first-order chi connectivity index (χ1) is 9.43. The zero-order chi connectivity index (χ0) is 16.4. The second-order valence-electron chi connectivity index (χ2n) is 6.56. The molecule has 1 aliphatic heterocycles. The van der Waals surface area contributed by atoms with Gasteiger partial charge in [-0.15, -0.1) is 0 Å². The molecule has 2 unspecified atom stereocenters. The van der Waals surface area contributed by atoms with Gasteiger partial charge in [0, 0.05) is 12.6 Å². The number of hydrogen-bond donors (Lipinski definition) is 2. The molecule has 8 heteroatoms. The van der Waals surface area contributed by atoms with Crippen LogP contribution in [0.25, 0.3) is 0 Å². The predicted octanol–water partition coefficient (Wildman–Crippen LogP) is 0.416. The number of carboxylic acids is 1. The normalized spacial score (nSPS) is 22.0. The maximum absolute atomic E-state index is 12.3. The molecule has 0 aliphatic carbocycles. The first kappa shape index (κ1) is 17.9. The van der Waals surface area contributed by atoms with Crippen LogP contribution in [0, 0.1) is 5.41 Å². The minimum atomic E-state index is -3.43. The smallest absolute Gasteiger partial charge is 0.305 e. The van der Waals surface area contributed by atoms with Crippen LogP contribution in [0.1, 0.15) is 40.0 Å². The van der Waals surface area contributed by atoms with E-state index in [4.69, 9.17) is 5.11 Å². The van der Waals surface area contributed by atoms with Crippen LogP contribution < -0.4 is 5.32 Å². The zero-order valence-electron chi connectivity index (χ0n) is 12.9. The van der Waals surface area contributed by atoms with Gasteiger partial charge in [-0.3, -0.25) is 9.59 Å². The average Bonchev–Trinajstić information content (AvgIpc) is 2.74. The maximum atomic E-state index is 12.3. The first-order valence-corrected chi connectivity index (χ1v) is 8.76. The van der Waals surface area contributed by atoms with E-state index in [1.807, 2.05) is 20.8 Å². The third kappa shape index (κ3) is 4.96. The van der Waals surface area contributed by atoms with E-state index in [0.717, 1.165) is 6.26 Å². The monoisotopic (exact) mass is 320 g/mol. The van der Waals surface area contributed by atoms with E-state index in [0.29, 0.717) is 19.4 Å². The lowest BCUT2D eigenvalue weighted by atomic mass is 9.84. The lowest BCUT2D eigenvalue weighted by Crippen LogP contribution is -2.52. The van der Waals surface area contributed by atoms with E-state index in [9.17, 15) is 18.0 Å². The quantitative estimate of drug-likeness (QED) is 0.764. The Morgan fingerprint density at radius 3 is 2.38 bits per heavy atom. The molecule has 21 heavy (non-hydrogen) atoms. The van der Waals surface area contributed by atoms with Crippen molar-refractivity contribution in [3.8, 4) is 0 Å². The number of amides is 1. The van der Waals surface area contributed by atoms with Gasteiger partial charge in [0.1, 0.15) is 6.04 Å². The molecule has 1 aliphatic rings. The van der Waals surface area contributed by atoms with Crippen molar-refractivity contribution in [1.82, 2.24) is 9.62 Å². The summed E-state index contributed by atoms with van der Waals surface area (Å²) >= 11 is 0. The highest BCUT2D eigenvalue weighted by atomic mass is 32.2. The van der Waals surface area contributed by atoms with Crippen molar-refractivity contribution in [2.75, 3.05) is 12.8 Å². The van der Waals surface area contributed by atoms with Gasteiger partial charge < -0.3 is 10.4 Å². The van der Waals surface area contributed by atoms with Crippen LogP contribution in [0.3, 0.4) is 0 Å². The summed E-state index contributed by atoms with van der Waals surface area (Å²) in [4.78, 5) is 23.3. The minimum Gasteiger partial charge on any atom is -0.481 e. The number of rotatable bonds is 5. The van der Waals surface area contributed by atoms with Crippen LogP contribution in [0.5, 0.6) is 0 Å². The highest BCUT2D eigenvalue weighted by molar-refractivity contribution is 7.88. The largest absolute Gasteiger partial charge is 0.481 e. The van der Waals surface area contributed by atoms with Gasteiger partial charge in [0.15, 0.2) is 0 Å². The van der Waals surface area contributed by atoms with Crippen molar-refractivity contribution in [3.63, 3.8) is 0 Å². The Hall–Kier alpha value is -1.15. The van der Waals surface area contributed by atoms with E-state index in [1.165, 1.54) is 4.31 Å². The van der Waals surface area contributed by atoms with Gasteiger partial charge in [-0.25, -0.2) is 8.42 Å². The van der Waals surface area contributed by atoms with Gasteiger partial charge in [-0.2, -0.15) is 4.31 Å². The molecule has 1 fully saturated rings. The molecule has 0 aromatic carbocycles. The summed E-state index contributed by atoms with van der Waals surface area (Å²) in [5, 5.41) is 11.7. The van der Waals surface area contributed by atoms with Gasteiger partial charge in [-0.1, -0.05) is 20.8 Å². The molecule has 1 saturated heterocycles. The maximum Gasteiger partial charge on any atom is 0.305 e. The molecule has 7 nitrogen and oxygen atoms in total. The number of carbonyl (C=O) groups is 2.